The topological polar surface area (TPSA) is 91.5 Å². The first kappa shape index (κ1) is 25.2. The smallest absolute Gasteiger partial charge is 0.475 e. The van der Waals surface area contributed by atoms with Crippen molar-refractivity contribution in [2.24, 2.45) is 0 Å². The quantitative estimate of drug-likeness (QED) is 0.511. The summed E-state index contributed by atoms with van der Waals surface area (Å²) in [4.78, 5) is 11.3. The van der Waals surface area contributed by atoms with Gasteiger partial charge in [-0.25, -0.2) is 13.9 Å². The Balaban J connectivity index is 0.000000451. The number of rotatable bonds is 6. The number of aliphatic hydroxyl groups excluding tert-OH is 1. The van der Waals surface area contributed by atoms with Gasteiger partial charge in [-0.3, -0.25) is 4.90 Å². The summed E-state index contributed by atoms with van der Waals surface area (Å²) in [5, 5.41) is 24.2. The Kier molecular flexibility index (Phi) is 9.54. The van der Waals surface area contributed by atoms with Crippen molar-refractivity contribution in [3.63, 3.8) is 0 Å². The molecule has 0 bridgehead atoms. The number of carboxylic acid groups (broad SMARTS) is 1. The molecule has 0 aliphatic carbocycles. The molecule has 0 unspecified atom stereocenters. The van der Waals surface area contributed by atoms with Crippen LogP contribution in [-0.4, -0.2) is 61.9 Å². The van der Waals surface area contributed by atoms with Crippen molar-refractivity contribution in [1.29, 1.82) is 0 Å². The van der Waals surface area contributed by atoms with Crippen LogP contribution in [0.3, 0.4) is 0 Å². The summed E-state index contributed by atoms with van der Waals surface area (Å²) >= 11 is 0. The number of piperidine rings is 1. The summed E-state index contributed by atoms with van der Waals surface area (Å²) in [6.07, 6.45) is 6.93. The van der Waals surface area contributed by atoms with E-state index in [0.717, 1.165) is 38.0 Å². The molecule has 0 atom stereocenters. The molecule has 1 fully saturated rings. The first-order valence-electron chi connectivity index (χ1n) is 9.82. The molecular weight excluding hydrogens is 432 g/mol. The Labute approximate surface area is 182 Å². The van der Waals surface area contributed by atoms with Crippen molar-refractivity contribution in [2.45, 2.75) is 31.7 Å². The molecule has 3 rings (SSSR count). The molecule has 174 valence electrons. The lowest BCUT2D eigenvalue weighted by atomic mass is 10.1. The molecule has 0 saturated carbocycles. The summed E-state index contributed by atoms with van der Waals surface area (Å²) in [5.41, 5.74) is 1.61. The Morgan fingerprint density at radius 2 is 1.78 bits per heavy atom. The molecule has 1 saturated heterocycles. The molecule has 2 N–H and O–H groups in total. The van der Waals surface area contributed by atoms with Gasteiger partial charge in [-0.1, -0.05) is 41.7 Å². The van der Waals surface area contributed by atoms with E-state index in [-0.39, 0.29) is 12.4 Å². The monoisotopic (exact) mass is 456 g/mol. The highest BCUT2D eigenvalue weighted by molar-refractivity contribution is 5.73. The van der Waals surface area contributed by atoms with Gasteiger partial charge in [0.15, 0.2) is 0 Å². The van der Waals surface area contributed by atoms with Crippen molar-refractivity contribution in [2.75, 3.05) is 19.6 Å². The molecule has 1 aliphatic heterocycles. The van der Waals surface area contributed by atoms with Crippen molar-refractivity contribution < 1.29 is 32.6 Å². The number of benzene rings is 1. The van der Waals surface area contributed by atoms with E-state index in [0.29, 0.717) is 11.7 Å². The van der Waals surface area contributed by atoms with Gasteiger partial charge < -0.3 is 10.2 Å². The number of carbonyl (C=O) groups is 1. The van der Waals surface area contributed by atoms with E-state index < -0.39 is 12.1 Å². The Bertz CT molecular complexity index is 903. The number of likely N-dealkylation sites (tertiary alicyclic amines) is 1. The number of allylic oxidation sites excluding steroid dienone is 2. The predicted octanol–water partition coefficient (Wildman–Crippen LogP) is 3.45. The van der Waals surface area contributed by atoms with Gasteiger partial charge in [0.1, 0.15) is 11.5 Å². The largest absolute Gasteiger partial charge is 0.490 e. The van der Waals surface area contributed by atoms with E-state index in [4.69, 9.17) is 15.0 Å². The second-order valence-corrected chi connectivity index (χ2v) is 7.02. The maximum Gasteiger partial charge on any atom is 0.490 e. The highest BCUT2D eigenvalue weighted by Crippen LogP contribution is 2.21. The molecule has 7 nitrogen and oxygen atoms in total. The summed E-state index contributed by atoms with van der Waals surface area (Å²) in [6, 6.07) is 6.82. The second-order valence-electron chi connectivity index (χ2n) is 7.02. The van der Waals surface area contributed by atoms with Crippen LogP contribution in [-0.2, 0) is 11.4 Å². The van der Waals surface area contributed by atoms with Crippen LogP contribution >= 0.6 is 0 Å². The normalized spacial score (nSPS) is 15.8. The lowest BCUT2D eigenvalue weighted by molar-refractivity contribution is -0.192. The lowest BCUT2D eigenvalue weighted by Crippen LogP contribution is -2.34. The molecule has 1 aliphatic rings. The van der Waals surface area contributed by atoms with Gasteiger partial charge in [0.05, 0.1) is 18.8 Å². The maximum atomic E-state index is 12.8. The molecular formula is C21H24F4N4O3. The summed E-state index contributed by atoms with van der Waals surface area (Å²) < 4.78 is 46.4. The number of halogens is 4. The minimum Gasteiger partial charge on any atom is -0.475 e. The molecule has 2 aromatic rings. The van der Waals surface area contributed by atoms with E-state index in [2.05, 4.69) is 21.3 Å². The molecule has 1 aromatic heterocycles. The number of aliphatic carboxylic acids is 1. The minimum atomic E-state index is -5.08. The van der Waals surface area contributed by atoms with Crippen LogP contribution in [0, 0.1) is 5.82 Å². The van der Waals surface area contributed by atoms with Gasteiger partial charge in [-0.05, 0) is 30.5 Å². The predicted molar refractivity (Wildman–Crippen MR) is 109 cm³/mol. The number of hydrogen-bond donors (Lipinski definition) is 2. The van der Waals surface area contributed by atoms with Crippen LogP contribution in [0.15, 0.2) is 48.7 Å². The van der Waals surface area contributed by atoms with Crippen LogP contribution in [0.5, 0.6) is 0 Å². The Hall–Kier alpha value is -3.05. The average Bonchev–Trinajstić information content (AvgIpc) is 3.24. The van der Waals surface area contributed by atoms with E-state index in [1.807, 2.05) is 29.1 Å². The molecule has 0 radical (unpaired) electrons. The van der Waals surface area contributed by atoms with Crippen molar-refractivity contribution in [3.05, 3.63) is 65.8 Å². The summed E-state index contributed by atoms with van der Waals surface area (Å²) in [5.74, 6) is -2.97. The fourth-order valence-electron chi connectivity index (χ4n) is 2.96. The fourth-order valence-corrected chi connectivity index (χ4v) is 2.96. The molecule has 0 spiro atoms. The first-order chi connectivity index (χ1) is 15.2. The van der Waals surface area contributed by atoms with E-state index in [1.165, 1.54) is 12.1 Å². The Morgan fingerprint density at radius 1 is 1.16 bits per heavy atom. The number of nitrogens with zero attached hydrogens (tertiary/aromatic N) is 4. The number of alkyl halides is 3. The van der Waals surface area contributed by atoms with Gasteiger partial charge in [0.2, 0.25) is 0 Å². The van der Waals surface area contributed by atoms with Crippen LogP contribution in [0.4, 0.5) is 17.6 Å². The first-order valence-corrected chi connectivity index (χ1v) is 9.82. The van der Waals surface area contributed by atoms with Crippen LogP contribution in [0.2, 0.25) is 0 Å². The highest BCUT2D eigenvalue weighted by atomic mass is 19.4. The number of aromatic nitrogens is 3. The van der Waals surface area contributed by atoms with Crippen molar-refractivity contribution in [3.8, 4) is 0 Å². The van der Waals surface area contributed by atoms with E-state index in [9.17, 15) is 17.6 Å². The molecule has 32 heavy (non-hydrogen) atoms. The lowest BCUT2D eigenvalue weighted by Gasteiger charge is -2.30. The zero-order valence-corrected chi connectivity index (χ0v) is 17.1. The van der Waals surface area contributed by atoms with Crippen LogP contribution in [0.1, 0.15) is 30.1 Å². The minimum absolute atomic E-state index is 0.0604. The number of aliphatic hydroxyl groups is 1. The fraction of sp³-hybridized carbons (Fsp3) is 0.381. The van der Waals surface area contributed by atoms with E-state index >= 15 is 0 Å². The summed E-state index contributed by atoms with van der Waals surface area (Å²) in [6.45, 7) is 2.89. The standard InChI is InChI=1S/C19H23FN4O.C2HF3O2/c20-17-7-5-16(6-8-17)4-2-1-3-11-23-12-9-19(10-13-23)24-14-18(15-25)21-22-24;3-2(4,5)1(6)7/h1-8,14,19,25H,9-13,15H2;(H,6,7). The van der Waals surface area contributed by atoms with Gasteiger partial charge in [-0.2, -0.15) is 13.2 Å². The Morgan fingerprint density at radius 3 is 2.31 bits per heavy atom. The van der Waals surface area contributed by atoms with Crippen LogP contribution < -0.4 is 0 Å². The SMILES string of the molecule is O=C(O)C(F)(F)F.OCc1cn(C2CCN(CC=CC=Cc3ccc(F)cc3)CC2)nn1. The van der Waals surface area contributed by atoms with Crippen LogP contribution in [0.25, 0.3) is 6.08 Å². The van der Waals surface area contributed by atoms with Gasteiger partial charge in [-0.15, -0.1) is 5.10 Å². The third kappa shape index (κ3) is 8.60. The zero-order valence-electron chi connectivity index (χ0n) is 17.1. The number of hydrogen-bond acceptors (Lipinski definition) is 5. The second kappa shape index (κ2) is 12.1. The van der Waals surface area contributed by atoms with Gasteiger partial charge >= 0.3 is 12.1 Å². The molecule has 11 heteroatoms. The van der Waals surface area contributed by atoms with Crippen molar-refractivity contribution >= 4 is 12.0 Å². The molecule has 1 aromatic carbocycles. The zero-order chi connectivity index (χ0) is 23.6. The number of carboxylic acids is 1. The van der Waals surface area contributed by atoms with E-state index in [1.54, 1.807) is 12.1 Å². The van der Waals surface area contributed by atoms with Gasteiger partial charge in [0, 0.05) is 19.6 Å². The summed E-state index contributed by atoms with van der Waals surface area (Å²) in [7, 11) is 0. The highest BCUT2D eigenvalue weighted by Gasteiger charge is 2.38. The average molecular weight is 456 g/mol. The maximum absolute atomic E-state index is 12.8. The molecule has 2 heterocycles. The molecule has 0 amide bonds. The third-order valence-corrected chi connectivity index (χ3v) is 4.66. The third-order valence-electron chi connectivity index (χ3n) is 4.66. The van der Waals surface area contributed by atoms with Crippen molar-refractivity contribution in [1.82, 2.24) is 19.9 Å². The van der Waals surface area contributed by atoms with Gasteiger partial charge in [0.25, 0.3) is 0 Å².